The average Bonchev–Trinajstić information content (AvgIpc) is 2.43. The van der Waals surface area contributed by atoms with Gasteiger partial charge in [0.25, 0.3) is 0 Å². The zero-order valence-electron chi connectivity index (χ0n) is 11.3. The van der Waals surface area contributed by atoms with E-state index in [4.69, 9.17) is 14.2 Å². The molecule has 1 atom stereocenters. The molecule has 0 saturated carbocycles. The van der Waals surface area contributed by atoms with Gasteiger partial charge in [0, 0.05) is 19.8 Å². The fourth-order valence-electron chi connectivity index (χ4n) is 1.46. The third kappa shape index (κ3) is 4.81. The molecule has 5 nitrogen and oxygen atoms in total. The topological polar surface area (TPSA) is 61.8 Å². The lowest BCUT2D eigenvalue weighted by Crippen LogP contribution is -2.25. The normalized spacial score (nSPS) is 11.9. The molecule has 0 saturated heterocycles. The van der Waals surface area contributed by atoms with Crippen molar-refractivity contribution < 1.29 is 23.8 Å². The maximum atomic E-state index is 11.7. The van der Waals surface area contributed by atoms with Crippen molar-refractivity contribution in [1.82, 2.24) is 0 Å². The first-order valence-corrected chi connectivity index (χ1v) is 5.88. The average molecular weight is 266 g/mol. The second-order valence-corrected chi connectivity index (χ2v) is 4.05. The Kier molecular flexibility index (Phi) is 6.18. The monoisotopic (exact) mass is 266 g/mol. The fourth-order valence-corrected chi connectivity index (χ4v) is 1.46. The Hall–Kier alpha value is -1.72. The Bertz CT molecular complexity index is 424. The zero-order valence-corrected chi connectivity index (χ0v) is 11.3. The Morgan fingerprint density at radius 2 is 1.63 bits per heavy atom. The third-order valence-corrected chi connectivity index (χ3v) is 2.61. The first-order valence-electron chi connectivity index (χ1n) is 5.88. The number of hydrogen-bond acceptors (Lipinski definition) is 5. The lowest BCUT2D eigenvalue weighted by molar-refractivity contribution is -0.0205. The molecule has 0 heterocycles. The summed E-state index contributed by atoms with van der Waals surface area (Å²) in [5.41, 5.74) is 0.961. The Balaban J connectivity index is 2.55. The van der Waals surface area contributed by atoms with E-state index in [-0.39, 0.29) is 18.5 Å². The van der Waals surface area contributed by atoms with Gasteiger partial charge in [-0.15, -0.1) is 0 Å². The summed E-state index contributed by atoms with van der Waals surface area (Å²) in [6, 6.07) is 6.33. The number of carbonyl (C=O) groups is 2. The van der Waals surface area contributed by atoms with Crippen LogP contribution in [-0.4, -0.2) is 45.3 Å². The van der Waals surface area contributed by atoms with Gasteiger partial charge in [0.1, 0.15) is 12.7 Å². The van der Waals surface area contributed by atoms with Crippen LogP contribution < -0.4 is 0 Å². The standard InChI is InChI=1S/C14H18O5/c1-10(15)11-4-6-12(7-5-11)14(16)19-9-13(18-3)8-17-2/h4-7,13H,8-9H2,1-3H3. The summed E-state index contributed by atoms with van der Waals surface area (Å²) in [6.45, 7) is 1.95. The van der Waals surface area contributed by atoms with E-state index >= 15 is 0 Å². The number of ketones is 1. The lowest BCUT2D eigenvalue weighted by atomic mass is 10.1. The Morgan fingerprint density at radius 1 is 1.05 bits per heavy atom. The number of ether oxygens (including phenoxy) is 3. The van der Waals surface area contributed by atoms with Gasteiger partial charge in [-0.3, -0.25) is 4.79 Å². The van der Waals surface area contributed by atoms with Crippen LogP contribution in [0.4, 0.5) is 0 Å². The van der Waals surface area contributed by atoms with Crippen molar-refractivity contribution in [3.8, 4) is 0 Å². The maximum absolute atomic E-state index is 11.7. The molecule has 1 unspecified atom stereocenters. The van der Waals surface area contributed by atoms with Crippen LogP contribution in [0, 0.1) is 0 Å². The molecule has 1 aromatic carbocycles. The summed E-state index contributed by atoms with van der Waals surface area (Å²) in [5.74, 6) is -0.493. The van der Waals surface area contributed by atoms with Crippen molar-refractivity contribution in [2.45, 2.75) is 13.0 Å². The maximum Gasteiger partial charge on any atom is 0.338 e. The molecule has 0 aromatic heterocycles. The van der Waals surface area contributed by atoms with Gasteiger partial charge in [-0.1, -0.05) is 12.1 Å². The van der Waals surface area contributed by atoms with Crippen molar-refractivity contribution in [2.75, 3.05) is 27.4 Å². The smallest absolute Gasteiger partial charge is 0.338 e. The molecular formula is C14H18O5. The number of Topliss-reactive ketones (excluding diaryl/α,β-unsaturated/α-hetero) is 1. The summed E-state index contributed by atoms with van der Waals surface area (Å²) in [6.07, 6.45) is -0.287. The molecule has 0 radical (unpaired) electrons. The molecule has 104 valence electrons. The summed E-state index contributed by atoms with van der Waals surface area (Å²) in [7, 11) is 3.08. The van der Waals surface area contributed by atoms with E-state index in [0.29, 0.717) is 17.7 Å². The van der Waals surface area contributed by atoms with Crippen LogP contribution >= 0.6 is 0 Å². The highest BCUT2D eigenvalue weighted by Gasteiger charge is 2.12. The van der Waals surface area contributed by atoms with Crippen LogP contribution in [0.15, 0.2) is 24.3 Å². The minimum atomic E-state index is -0.451. The van der Waals surface area contributed by atoms with Gasteiger partial charge in [0.15, 0.2) is 5.78 Å². The number of carbonyl (C=O) groups excluding carboxylic acids is 2. The van der Waals surface area contributed by atoms with Gasteiger partial charge in [-0.2, -0.15) is 0 Å². The van der Waals surface area contributed by atoms with Gasteiger partial charge >= 0.3 is 5.97 Å². The molecule has 0 aliphatic carbocycles. The molecule has 0 aliphatic heterocycles. The molecule has 0 amide bonds. The van der Waals surface area contributed by atoms with Crippen molar-refractivity contribution >= 4 is 11.8 Å². The summed E-state index contributed by atoms with van der Waals surface area (Å²) >= 11 is 0. The Morgan fingerprint density at radius 3 is 2.11 bits per heavy atom. The summed E-state index contributed by atoms with van der Waals surface area (Å²) in [4.78, 5) is 22.9. The molecule has 1 aromatic rings. The molecule has 0 fully saturated rings. The minimum absolute atomic E-state index is 0.0422. The van der Waals surface area contributed by atoms with Crippen molar-refractivity contribution in [2.24, 2.45) is 0 Å². The minimum Gasteiger partial charge on any atom is -0.459 e. The van der Waals surface area contributed by atoms with E-state index in [1.54, 1.807) is 31.4 Å². The summed E-state index contributed by atoms with van der Waals surface area (Å²) in [5, 5.41) is 0. The lowest BCUT2D eigenvalue weighted by Gasteiger charge is -2.14. The van der Waals surface area contributed by atoms with E-state index < -0.39 is 5.97 Å². The van der Waals surface area contributed by atoms with E-state index in [9.17, 15) is 9.59 Å². The molecule has 0 aliphatic rings. The fraction of sp³-hybridized carbons (Fsp3) is 0.429. The number of esters is 1. The van der Waals surface area contributed by atoms with Crippen molar-refractivity contribution in [1.29, 1.82) is 0 Å². The third-order valence-electron chi connectivity index (χ3n) is 2.61. The highest BCUT2D eigenvalue weighted by molar-refractivity contribution is 5.96. The van der Waals surface area contributed by atoms with Crippen LogP contribution in [0.5, 0.6) is 0 Å². The van der Waals surface area contributed by atoms with Crippen LogP contribution in [0.25, 0.3) is 0 Å². The number of rotatable bonds is 7. The molecule has 19 heavy (non-hydrogen) atoms. The predicted octanol–water partition coefficient (Wildman–Crippen LogP) is 1.71. The van der Waals surface area contributed by atoms with Crippen LogP contribution in [0.1, 0.15) is 27.6 Å². The van der Waals surface area contributed by atoms with Gasteiger partial charge in [0.05, 0.1) is 12.2 Å². The highest BCUT2D eigenvalue weighted by atomic mass is 16.6. The predicted molar refractivity (Wildman–Crippen MR) is 69.4 cm³/mol. The first kappa shape index (κ1) is 15.3. The largest absolute Gasteiger partial charge is 0.459 e. The quantitative estimate of drug-likeness (QED) is 0.555. The van der Waals surface area contributed by atoms with Crippen LogP contribution in [0.2, 0.25) is 0 Å². The van der Waals surface area contributed by atoms with E-state index in [1.165, 1.54) is 14.0 Å². The van der Waals surface area contributed by atoms with E-state index in [1.807, 2.05) is 0 Å². The molecular weight excluding hydrogens is 248 g/mol. The van der Waals surface area contributed by atoms with Gasteiger partial charge < -0.3 is 14.2 Å². The van der Waals surface area contributed by atoms with Gasteiger partial charge in [0.2, 0.25) is 0 Å². The van der Waals surface area contributed by atoms with Crippen molar-refractivity contribution in [3.63, 3.8) is 0 Å². The molecule has 5 heteroatoms. The Labute approximate surface area is 112 Å². The molecule has 0 N–H and O–H groups in total. The summed E-state index contributed by atoms with van der Waals surface area (Å²) < 4.78 is 15.1. The second-order valence-electron chi connectivity index (χ2n) is 4.05. The van der Waals surface area contributed by atoms with E-state index in [2.05, 4.69) is 0 Å². The SMILES string of the molecule is COCC(COC(=O)c1ccc(C(C)=O)cc1)OC. The molecule has 0 bridgehead atoms. The molecule has 0 spiro atoms. The van der Waals surface area contributed by atoms with Crippen molar-refractivity contribution in [3.05, 3.63) is 35.4 Å². The van der Waals surface area contributed by atoms with Gasteiger partial charge in [-0.05, 0) is 19.1 Å². The molecule has 1 rings (SSSR count). The zero-order chi connectivity index (χ0) is 14.3. The first-order chi connectivity index (χ1) is 9.08. The highest BCUT2D eigenvalue weighted by Crippen LogP contribution is 2.07. The van der Waals surface area contributed by atoms with Gasteiger partial charge in [-0.25, -0.2) is 4.79 Å². The van der Waals surface area contributed by atoms with Crippen LogP contribution in [-0.2, 0) is 14.2 Å². The number of benzene rings is 1. The second kappa shape index (κ2) is 7.66. The van der Waals surface area contributed by atoms with E-state index in [0.717, 1.165) is 0 Å². The van der Waals surface area contributed by atoms with Crippen LogP contribution in [0.3, 0.4) is 0 Å². The number of hydrogen-bond donors (Lipinski definition) is 0. The number of methoxy groups -OCH3 is 2.